The van der Waals surface area contributed by atoms with E-state index in [9.17, 15) is 14.4 Å². The zero-order valence-corrected chi connectivity index (χ0v) is 16.8. The highest BCUT2D eigenvalue weighted by atomic mass is 32.1. The third-order valence-electron chi connectivity index (χ3n) is 4.00. The molecule has 0 aliphatic heterocycles. The van der Waals surface area contributed by atoms with Crippen molar-refractivity contribution in [1.29, 1.82) is 0 Å². The Morgan fingerprint density at radius 3 is 2.38 bits per heavy atom. The van der Waals surface area contributed by atoms with Gasteiger partial charge in [0.25, 0.3) is 0 Å². The zero-order valence-electron chi connectivity index (χ0n) is 16.0. The van der Waals surface area contributed by atoms with Gasteiger partial charge in [-0.15, -0.1) is 11.3 Å². The minimum Gasteiger partial charge on any atom is -0.322 e. The molecule has 0 saturated carbocycles. The molecule has 1 aromatic heterocycles. The van der Waals surface area contributed by atoms with Crippen molar-refractivity contribution in [2.45, 2.75) is 13.8 Å². The maximum Gasteiger partial charge on any atom is 0.248 e. The van der Waals surface area contributed by atoms with Crippen molar-refractivity contribution in [2.75, 3.05) is 10.2 Å². The molecular weight excluding hydrogens is 386 g/mol. The maximum atomic E-state index is 12.2. The van der Waals surface area contributed by atoms with Gasteiger partial charge in [0.15, 0.2) is 10.9 Å². The Kier molecular flexibility index (Phi) is 6.31. The van der Waals surface area contributed by atoms with Gasteiger partial charge in [-0.1, -0.05) is 30.3 Å². The van der Waals surface area contributed by atoms with E-state index in [1.807, 2.05) is 30.3 Å². The lowest BCUT2D eigenvalue weighted by molar-refractivity contribution is -0.116. The highest BCUT2D eigenvalue weighted by Crippen LogP contribution is 2.29. The van der Waals surface area contributed by atoms with Crippen LogP contribution in [0.1, 0.15) is 29.9 Å². The average molecular weight is 405 g/mol. The normalized spacial score (nSPS) is 10.7. The minimum absolute atomic E-state index is 0.126. The first kappa shape index (κ1) is 20.2. The van der Waals surface area contributed by atoms with E-state index >= 15 is 0 Å². The van der Waals surface area contributed by atoms with Gasteiger partial charge in [0.2, 0.25) is 11.8 Å². The quantitative estimate of drug-likeness (QED) is 0.477. The molecule has 0 aliphatic rings. The van der Waals surface area contributed by atoms with E-state index in [2.05, 4.69) is 10.3 Å². The standard InChI is InChI=1S/C22H19N3O3S/c1-15(26)19-10-6-7-11-20(19)24-21(28)13-12-17-14-29-22(23-17)25(16(2)27)18-8-4-3-5-9-18/h3-14H,1-2H3,(H,24,28). The van der Waals surface area contributed by atoms with E-state index < -0.39 is 0 Å². The Hall–Kier alpha value is -3.58. The Morgan fingerprint density at radius 2 is 1.69 bits per heavy atom. The van der Waals surface area contributed by atoms with E-state index in [0.29, 0.717) is 22.1 Å². The SMILES string of the molecule is CC(=O)c1ccccc1NC(=O)C=Cc1csc(N(C(C)=O)c2ccccc2)n1. The molecule has 1 N–H and O–H groups in total. The molecule has 0 bridgehead atoms. The Balaban J connectivity index is 1.74. The molecule has 0 fully saturated rings. The van der Waals surface area contributed by atoms with E-state index in [-0.39, 0.29) is 17.6 Å². The molecule has 146 valence electrons. The maximum absolute atomic E-state index is 12.2. The topological polar surface area (TPSA) is 79.4 Å². The fourth-order valence-corrected chi connectivity index (χ4v) is 3.55. The summed E-state index contributed by atoms with van der Waals surface area (Å²) in [6.45, 7) is 2.93. The summed E-state index contributed by atoms with van der Waals surface area (Å²) in [6.07, 6.45) is 2.91. The number of ketones is 1. The summed E-state index contributed by atoms with van der Waals surface area (Å²) >= 11 is 1.31. The van der Waals surface area contributed by atoms with E-state index in [1.54, 1.807) is 35.7 Å². The smallest absolute Gasteiger partial charge is 0.248 e. The van der Waals surface area contributed by atoms with Crippen LogP contribution in [0.25, 0.3) is 6.08 Å². The van der Waals surface area contributed by atoms with E-state index in [4.69, 9.17) is 0 Å². The summed E-state index contributed by atoms with van der Waals surface area (Å²) in [4.78, 5) is 41.9. The average Bonchev–Trinajstić information content (AvgIpc) is 3.16. The number of nitrogens with one attached hydrogen (secondary N) is 1. The predicted molar refractivity (Wildman–Crippen MR) is 115 cm³/mol. The number of amides is 2. The zero-order chi connectivity index (χ0) is 20.8. The molecule has 29 heavy (non-hydrogen) atoms. The van der Waals surface area contributed by atoms with Gasteiger partial charge in [-0.3, -0.25) is 19.3 Å². The van der Waals surface area contributed by atoms with Gasteiger partial charge in [-0.05, 0) is 37.3 Å². The van der Waals surface area contributed by atoms with Crippen LogP contribution < -0.4 is 10.2 Å². The second-order valence-electron chi connectivity index (χ2n) is 6.17. The molecule has 0 spiro atoms. The number of benzene rings is 2. The molecule has 0 radical (unpaired) electrons. The number of carbonyl (C=O) groups is 3. The van der Waals surface area contributed by atoms with Crippen molar-refractivity contribution in [1.82, 2.24) is 4.98 Å². The lowest BCUT2D eigenvalue weighted by atomic mass is 10.1. The molecule has 3 aromatic rings. The van der Waals surface area contributed by atoms with Crippen LogP contribution in [0, 0.1) is 0 Å². The van der Waals surface area contributed by atoms with Gasteiger partial charge in [-0.25, -0.2) is 4.98 Å². The number of anilines is 3. The van der Waals surface area contributed by atoms with Crippen LogP contribution in [0.2, 0.25) is 0 Å². The molecule has 2 amide bonds. The van der Waals surface area contributed by atoms with Crippen molar-refractivity contribution in [3.8, 4) is 0 Å². The van der Waals surface area contributed by atoms with Gasteiger partial charge in [-0.2, -0.15) is 0 Å². The Morgan fingerprint density at radius 1 is 1.00 bits per heavy atom. The van der Waals surface area contributed by atoms with Crippen molar-refractivity contribution in [2.24, 2.45) is 0 Å². The highest BCUT2D eigenvalue weighted by molar-refractivity contribution is 7.14. The summed E-state index contributed by atoms with van der Waals surface area (Å²) in [5.74, 6) is -0.654. The Bertz CT molecular complexity index is 1070. The largest absolute Gasteiger partial charge is 0.322 e. The van der Waals surface area contributed by atoms with Crippen LogP contribution >= 0.6 is 11.3 Å². The molecule has 0 unspecified atom stereocenters. The van der Waals surface area contributed by atoms with Crippen LogP contribution in [-0.4, -0.2) is 22.6 Å². The molecular formula is C22H19N3O3S. The van der Waals surface area contributed by atoms with Crippen molar-refractivity contribution in [3.05, 3.63) is 77.3 Å². The number of Topliss-reactive ketones (excluding diaryl/α,β-unsaturated/α-hetero) is 1. The first-order valence-electron chi connectivity index (χ1n) is 8.86. The summed E-state index contributed by atoms with van der Waals surface area (Å²) in [7, 11) is 0. The molecule has 1 heterocycles. The summed E-state index contributed by atoms with van der Waals surface area (Å²) in [5, 5.41) is 4.98. The third-order valence-corrected chi connectivity index (χ3v) is 4.84. The van der Waals surface area contributed by atoms with Crippen molar-refractivity contribution < 1.29 is 14.4 Å². The number of hydrogen-bond donors (Lipinski definition) is 1. The fourth-order valence-electron chi connectivity index (χ4n) is 2.69. The molecule has 6 nitrogen and oxygen atoms in total. The first-order chi connectivity index (χ1) is 14.0. The van der Waals surface area contributed by atoms with Crippen molar-refractivity contribution in [3.63, 3.8) is 0 Å². The summed E-state index contributed by atoms with van der Waals surface area (Å²) in [6, 6.07) is 16.1. The number of thiazole rings is 1. The van der Waals surface area contributed by atoms with Gasteiger partial charge >= 0.3 is 0 Å². The van der Waals surface area contributed by atoms with Gasteiger partial charge in [0.1, 0.15) is 0 Å². The van der Waals surface area contributed by atoms with Gasteiger partial charge < -0.3 is 5.32 Å². The molecule has 0 saturated heterocycles. The van der Waals surface area contributed by atoms with Gasteiger partial charge in [0.05, 0.1) is 17.1 Å². The fraction of sp³-hybridized carbons (Fsp3) is 0.0909. The van der Waals surface area contributed by atoms with Crippen LogP contribution in [-0.2, 0) is 9.59 Å². The van der Waals surface area contributed by atoms with Crippen LogP contribution in [0.5, 0.6) is 0 Å². The lowest BCUT2D eigenvalue weighted by Gasteiger charge is -2.17. The second kappa shape index (κ2) is 9.07. The molecule has 3 rings (SSSR count). The van der Waals surface area contributed by atoms with Crippen LogP contribution in [0.4, 0.5) is 16.5 Å². The monoisotopic (exact) mass is 405 g/mol. The third kappa shape index (κ3) is 5.03. The van der Waals surface area contributed by atoms with E-state index in [1.165, 1.54) is 36.2 Å². The number of para-hydroxylation sites is 2. The van der Waals surface area contributed by atoms with Crippen LogP contribution in [0.15, 0.2) is 66.1 Å². The summed E-state index contributed by atoms with van der Waals surface area (Å²) < 4.78 is 0. The minimum atomic E-state index is -0.375. The lowest BCUT2D eigenvalue weighted by Crippen LogP contribution is -2.22. The molecule has 0 atom stereocenters. The predicted octanol–water partition coefficient (Wildman–Crippen LogP) is 4.68. The summed E-state index contributed by atoms with van der Waals surface area (Å²) in [5.41, 5.74) is 2.19. The Labute approximate surface area is 172 Å². The molecule has 2 aromatic carbocycles. The number of rotatable bonds is 6. The molecule has 0 aliphatic carbocycles. The first-order valence-corrected chi connectivity index (χ1v) is 9.74. The van der Waals surface area contributed by atoms with E-state index in [0.717, 1.165) is 5.69 Å². The number of aromatic nitrogens is 1. The number of carbonyl (C=O) groups excluding carboxylic acids is 3. The van der Waals surface area contributed by atoms with Crippen LogP contribution in [0.3, 0.4) is 0 Å². The van der Waals surface area contributed by atoms with Gasteiger partial charge in [0, 0.05) is 23.9 Å². The second-order valence-corrected chi connectivity index (χ2v) is 7.01. The van der Waals surface area contributed by atoms with Crippen molar-refractivity contribution >= 4 is 51.5 Å². The highest BCUT2D eigenvalue weighted by Gasteiger charge is 2.17. The molecule has 7 heteroatoms. The number of hydrogen-bond acceptors (Lipinski definition) is 5. The number of nitrogens with zero attached hydrogens (tertiary/aromatic N) is 2.